The number of unbranched alkanes of at least 4 members (excludes halogenated alkanes) is 1. The molecule has 0 saturated heterocycles. The second kappa shape index (κ2) is 16.4. The lowest BCUT2D eigenvalue weighted by molar-refractivity contribution is -0.140. The summed E-state index contributed by atoms with van der Waals surface area (Å²) in [5.41, 5.74) is 3.70. The first-order chi connectivity index (χ1) is 22.5. The summed E-state index contributed by atoms with van der Waals surface area (Å²) in [6, 6.07) is 27.8. The van der Waals surface area contributed by atoms with E-state index in [1.807, 2.05) is 70.2 Å². The van der Waals surface area contributed by atoms with Crippen LogP contribution in [0.3, 0.4) is 0 Å². The lowest BCUT2D eigenvalue weighted by atomic mass is 10.0. The standard InChI is InChI=1S/C38H44FN3O4S/c1-5-6-24-40-38(44)36(25-30-10-8-7-9-11-30)41(26-31-14-18-33(39)19-15-31)37(43)27-42(34-20-16-32(17-21-34)28(2)3)47(45,46)35-22-12-29(4)13-23-35/h7-23,28,36H,5-6,24-27H2,1-4H3,(H,40,44). The molecule has 9 heteroatoms. The summed E-state index contributed by atoms with van der Waals surface area (Å²) in [4.78, 5) is 29.8. The smallest absolute Gasteiger partial charge is 0.264 e. The molecule has 0 radical (unpaired) electrons. The van der Waals surface area contributed by atoms with Crippen molar-refractivity contribution in [1.82, 2.24) is 10.2 Å². The molecular weight excluding hydrogens is 614 g/mol. The minimum atomic E-state index is -4.20. The summed E-state index contributed by atoms with van der Waals surface area (Å²) in [6.07, 6.45) is 1.85. The van der Waals surface area contributed by atoms with Gasteiger partial charge in [0.15, 0.2) is 0 Å². The van der Waals surface area contributed by atoms with E-state index >= 15 is 0 Å². The topological polar surface area (TPSA) is 86.8 Å². The van der Waals surface area contributed by atoms with E-state index in [0.717, 1.165) is 33.8 Å². The van der Waals surface area contributed by atoms with Gasteiger partial charge < -0.3 is 10.2 Å². The van der Waals surface area contributed by atoms with Crippen molar-refractivity contribution in [1.29, 1.82) is 0 Å². The molecule has 0 fully saturated rings. The van der Waals surface area contributed by atoms with Crippen LogP contribution in [-0.4, -0.2) is 44.3 Å². The number of anilines is 1. The fourth-order valence-electron chi connectivity index (χ4n) is 5.24. The Morgan fingerprint density at radius 1 is 0.830 bits per heavy atom. The number of benzene rings is 4. The fraction of sp³-hybridized carbons (Fsp3) is 0.316. The third kappa shape index (κ3) is 9.51. The van der Waals surface area contributed by atoms with Crippen molar-refractivity contribution in [3.8, 4) is 0 Å². The highest BCUT2D eigenvalue weighted by Gasteiger charge is 2.34. The fourth-order valence-corrected chi connectivity index (χ4v) is 6.65. The van der Waals surface area contributed by atoms with E-state index in [1.165, 1.54) is 29.2 Å². The summed E-state index contributed by atoms with van der Waals surface area (Å²) in [5.74, 6) is -1.11. The summed E-state index contributed by atoms with van der Waals surface area (Å²) in [6.45, 7) is 7.85. The number of rotatable bonds is 15. The maximum atomic E-state index is 14.5. The molecule has 248 valence electrons. The number of sulfonamides is 1. The third-order valence-electron chi connectivity index (χ3n) is 8.10. The first-order valence-corrected chi connectivity index (χ1v) is 17.5. The van der Waals surface area contributed by atoms with Gasteiger partial charge in [-0.2, -0.15) is 0 Å². The molecule has 4 aromatic carbocycles. The lowest BCUT2D eigenvalue weighted by Gasteiger charge is -2.34. The highest BCUT2D eigenvalue weighted by molar-refractivity contribution is 7.92. The van der Waals surface area contributed by atoms with Crippen LogP contribution in [-0.2, 0) is 32.6 Å². The predicted octanol–water partition coefficient (Wildman–Crippen LogP) is 7.01. The second-order valence-corrected chi connectivity index (χ2v) is 13.9. The quantitative estimate of drug-likeness (QED) is 0.139. The minimum Gasteiger partial charge on any atom is -0.354 e. The maximum absolute atomic E-state index is 14.5. The van der Waals surface area contributed by atoms with Crippen LogP contribution in [0.5, 0.6) is 0 Å². The van der Waals surface area contributed by atoms with Crippen molar-refractivity contribution in [3.63, 3.8) is 0 Å². The molecule has 1 atom stereocenters. The molecule has 0 saturated carbocycles. The molecule has 1 N–H and O–H groups in total. The van der Waals surface area contributed by atoms with Crippen LogP contribution in [0.4, 0.5) is 10.1 Å². The highest BCUT2D eigenvalue weighted by Crippen LogP contribution is 2.27. The van der Waals surface area contributed by atoms with Gasteiger partial charge in [-0.25, -0.2) is 12.8 Å². The van der Waals surface area contributed by atoms with E-state index in [2.05, 4.69) is 5.32 Å². The van der Waals surface area contributed by atoms with Crippen LogP contribution in [0.2, 0.25) is 0 Å². The molecule has 2 amide bonds. The van der Waals surface area contributed by atoms with Gasteiger partial charge in [0, 0.05) is 19.5 Å². The molecule has 4 rings (SSSR count). The lowest BCUT2D eigenvalue weighted by Crippen LogP contribution is -2.53. The van der Waals surface area contributed by atoms with Crippen molar-refractivity contribution in [2.75, 3.05) is 17.4 Å². The molecule has 0 aliphatic carbocycles. The van der Waals surface area contributed by atoms with Crippen molar-refractivity contribution >= 4 is 27.5 Å². The second-order valence-electron chi connectivity index (χ2n) is 12.1. The Kier molecular flexibility index (Phi) is 12.3. The number of hydrogen-bond donors (Lipinski definition) is 1. The van der Waals surface area contributed by atoms with Crippen LogP contribution in [0.1, 0.15) is 61.8 Å². The summed E-state index contributed by atoms with van der Waals surface area (Å²) in [5, 5.41) is 2.97. The van der Waals surface area contributed by atoms with E-state index in [-0.39, 0.29) is 29.7 Å². The molecule has 4 aromatic rings. The van der Waals surface area contributed by atoms with Gasteiger partial charge in [-0.15, -0.1) is 0 Å². The molecule has 0 bridgehead atoms. The van der Waals surface area contributed by atoms with Gasteiger partial charge >= 0.3 is 0 Å². The third-order valence-corrected chi connectivity index (χ3v) is 9.89. The normalized spacial score (nSPS) is 12.0. The summed E-state index contributed by atoms with van der Waals surface area (Å²) >= 11 is 0. The number of hydrogen-bond acceptors (Lipinski definition) is 4. The SMILES string of the molecule is CCCCNC(=O)C(Cc1ccccc1)N(Cc1ccc(F)cc1)C(=O)CN(c1ccc(C(C)C)cc1)S(=O)(=O)c1ccc(C)cc1. The number of nitrogens with zero attached hydrogens (tertiary/aromatic N) is 2. The van der Waals surface area contributed by atoms with Crippen LogP contribution < -0.4 is 9.62 Å². The Morgan fingerprint density at radius 3 is 2.06 bits per heavy atom. The number of nitrogens with one attached hydrogen (secondary N) is 1. The monoisotopic (exact) mass is 657 g/mol. The maximum Gasteiger partial charge on any atom is 0.264 e. The summed E-state index contributed by atoms with van der Waals surface area (Å²) in [7, 11) is -4.20. The van der Waals surface area contributed by atoms with E-state index in [9.17, 15) is 22.4 Å². The molecule has 0 aliphatic heterocycles. The number of halogens is 1. The van der Waals surface area contributed by atoms with E-state index in [1.54, 1.807) is 36.4 Å². The van der Waals surface area contributed by atoms with Crippen LogP contribution in [0, 0.1) is 12.7 Å². The van der Waals surface area contributed by atoms with Gasteiger partial charge in [0.2, 0.25) is 11.8 Å². The van der Waals surface area contributed by atoms with Crippen LogP contribution in [0.15, 0.2) is 108 Å². The molecule has 1 unspecified atom stereocenters. The van der Waals surface area contributed by atoms with Crippen molar-refractivity contribution in [3.05, 3.63) is 131 Å². The van der Waals surface area contributed by atoms with Gasteiger partial charge in [0.05, 0.1) is 10.6 Å². The van der Waals surface area contributed by atoms with Gasteiger partial charge in [0.1, 0.15) is 18.4 Å². The van der Waals surface area contributed by atoms with Crippen molar-refractivity contribution < 1.29 is 22.4 Å². The Bertz CT molecular complexity index is 1710. The predicted molar refractivity (Wildman–Crippen MR) is 185 cm³/mol. The van der Waals surface area contributed by atoms with Gasteiger partial charge in [-0.3, -0.25) is 13.9 Å². The molecule has 0 aromatic heterocycles. The zero-order valence-corrected chi connectivity index (χ0v) is 28.3. The molecule has 47 heavy (non-hydrogen) atoms. The molecule has 0 aliphatic rings. The van der Waals surface area contributed by atoms with E-state index < -0.39 is 34.3 Å². The zero-order valence-electron chi connectivity index (χ0n) is 27.5. The van der Waals surface area contributed by atoms with Crippen molar-refractivity contribution in [2.45, 2.75) is 70.4 Å². The first-order valence-electron chi connectivity index (χ1n) is 16.0. The Labute approximate surface area is 278 Å². The minimum absolute atomic E-state index is 0.0253. The van der Waals surface area contributed by atoms with Crippen molar-refractivity contribution in [2.24, 2.45) is 0 Å². The zero-order chi connectivity index (χ0) is 34.0. The summed E-state index contributed by atoms with van der Waals surface area (Å²) < 4.78 is 43.4. The van der Waals surface area contributed by atoms with Crippen LogP contribution in [0.25, 0.3) is 0 Å². The van der Waals surface area contributed by atoms with Gasteiger partial charge in [-0.05, 0) is 72.4 Å². The average molecular weight is 658 g/mol. The largest absolute Gasteiger partial charge is 0.354 e. The van der Waals surface area contributed by atoms with E-state index in [4.69, 9.17) is 0 Å². The van der Waals surface area contributed by atoms with Gasteiger partial charge in [-0.1, -0.05) is 99.5 Å². The van der Waals surface area contributed by atoms with Crippen LogP contribution >= 0.6 is 0 Å². The highest BCUT2D eigenvalue weighted by atomic mass is 32.2. The number of carbonyl (C=O) groups excluding carboxylic acids is 2. The molecule has 7 nitrogen and oxygen atoms in total. The van der Waals surface area contributed by atoms with Gasteiger partial charge in [0.25, 0.3) is 10.0 Å². The Hall–Kier alpha value is -4.50. The average Bonchev–Trinajstić information content (AvgIpc) is 3.06. The Balaban J connectivity index is 1.79. The van der Waals surface area contributed by atoms with E-state index in [0.29, 0.717) is 17.8 Å². The number of aryl methyl sites for hydroxylation is 1. The first kappa shape index (κ1) is 35.4. The number of carbonyl (C=O) groups is 2. The number of amides is 2. The molecular formula is C38H44FN3O4S. The molecule has 0 spiro atoms. The molecule has 0 heterocycles. The Morgan fingerprint density at radius 2 is 1.47 bits per heavy atom.